The number of benzene rings is 1. The molecule has 1 heterocycles. The van der Waals surface area contributed by atoms with Crippen LogP contribution < -0.4 is 5.32 Å². The number of nitro groups is 1. The van der Waals surface area contributed by atoms with E-state index in [0.29, 0.717) is 12.2 Å². The number of hydrogen-bond acceptors (Lipinski definition) is 5. The van der Waals surface area contributed by atoms with Gasteiger partial charge in [0.2, 0.25) is 5.82 Å². The fourth-order valence-corrected chi connectivity index (χ4v) is 2.60. The summed E-state index contributed by atoms with van der Waals surface area (Å²) < 4.78 is 13.5. The van der Waals surface area contributed by atoms with E-state index >= 15 is 0 Å². The summed E-state index contributed by atoms with van der Waals surface area (Å²) in [4.78, 5) is 14.3. The second-order valence-corrected chi connectivity index (χ2v) is 6.53. The molecule has 1 aromatic heterocycles. The zero-order valence-corrected chi connectivity index (χ0v) is 12.8. The van der Waals surface area contributed by atoms with E-state index in [9.17, 15) is 14.5 Å². The summed E-state index contributed by atoms with van der Waals surface area (Å²) in [7, 11) is 0. The van der Waals surface area contributed by atoms with Gasteiger partial charge >= 0.3 is 5.69 Å². The molecule has 1 N–H and O–H groups in total. The number of rotatable bonds is 4. The van der Waals surface area contributed by atoms with Crippen LogP contribution in [0.5, 0.6) is 0 Å². The van der Waals surface area contributed by atoms with Gasteiger partial charge in [-0.05, 0) is 6.07 Å². The highest BCUT2D eigenvalue weighted by atomic mass is 32.1. The lowest BCUT2D eigenvalue weighted by molar-refractivity contribution is -0.387. The molecule has 5 nitrogen and oxygen atoms in total. The van der Waals surface area contributed by atoms with E-state index in [1.807, 2.05) is 5.38 Å². The number of nitrogens with one attached hydrogen (secondary N) is 1. The maximum Gasteiger partial charge on any atom is 0.304 e. The van der Waals surface area contributed by atoms with Gasteiger partial charge in [-0.25, -0.2) is 4.98 Å². The third-order valence-corrected chi connectivity index (χ3v) is 4.13. The minimum atomic E-state index is -0.848. The quantitative estimate of drug-likeness (QED) is 0.682. The third kappa shape index (κ3) is 3.75. The molecule has 21 heavy (non-hydrogen) atoms. The highest BCUT2D eigenvalue weighted by molar-refractivity contribution is 7.09. The third-order valence-electron chi connectivity index (χ3n) is 2.81. The SMILES string of the molecule is CC(C)(C)c1nc(CNc2ccc([N+](=O)[O-])c(F)c2)cs1. The van der Waals surface area contributed by atoms with E-state index in [-0.39, 0.29) is 5.41 Å². The molecule has 2 aromatic rings. The Hall–Kier alpha value is -2.02. The molecular formula is C14H16FN3O2S. The molecule has 0 aliphatic rings. The van der Waals surface area contributed by atoms with Crippen LogP contribution in [0.3, 0.4) is 0 Å². The lowest BCUT2D eigenvalue weighted by Crippen LogP contribution is -2.11. The molecule has 0 saturated heterocycles. The molecule has 112 valence electrons. The molecule has 0 amide bonds. The van der Waals surface area contributed by atoms with Crippen LogP contribution in [0.1, 0.15) is 31.5 Å². The lowest BCUT2D eigenvalue weighted by atomic mass is 9.98. The van der Waals surface area contributed by atoms with Gasteiger partial charge in [-0.3, -0.25) is 10.1 Å². The number of thiazole rings is 1. The second-order valence-electron chi connectivity index (χ2n) is 5.67. The van der Waals surface area contributed by atoms with Crippen LogP contribution in [0.2, 0.25) is 0 Å². The van der Waals surface area contributed by atoms with E-state index in [4.69, 9.17) is 0 Å². The first-order valence-corrected chi connectivity index (χ1v) is 7.28. The van der Waals surface area contributed by atoms with Gasteiger partial charge in [-0.2, -0.15) is 4.39 Å². The van der Waals surface area contributed by atoms with Crippen LogP contribution in [0.15, 0.2) is 23.6 Å². The molecule has 0 saturated carbocycles. The zero-order valence-electron chi connectivity index (χ0n) is 12.0. The maximum atomic E-state index is 13.5. The van der Waals surface area contributed by atoms with Crippen molar-refractivity contribution in [2.75, 3.05) is 5.32 Å². The smallest absolute Gasteiger partial charge is 0.304 e. The largest absolute Gasteiger partial charge is 0.379 e. The normalized spacial score (nSPS) is 11.4. The van der Waals surface area contributed by atoms with Crippen LogP contribution in [-0.2, 0) is 12.0 Å². The first-order valence-electron chi connectivity index (χ1n) is 6.40. The Labute approximate surface area is 126 Å². The molecule has 0 aliphatic carbocycles. The average molecular weight is 309 g/mol. The van der Waals surface area contributed by atoms with Crippen molar-refractivity contribution in [1.29, 1.82) is 0 Å². The summed E-state index contributed by atoms with van der Waals surface area (Å²) in [6.07, 6.45) is 0. The van der Waals surface area contributed by atoms with Crippen molar-refractivity contribution in [3.8, 4) is 0 Å². The Kier molecular flexibility index (Phi) is 4.22. The first-order chi connectivity index (χ1) is 9.77. The second kappa shape index (κ2) is 5.77. The van der Waals surface area contributed by atoms with E-state index in [2.05, 4.69) is 31.1 Å². The molecule has 0 fully saturated rings. The molecule has 0 radical (unpaired) electrons. The molecular weight excluding hydrogens is 293 g/mol. The number of nitro benzene ring substituents is 1. The summed E-state index contributed by atoms with van der Waals surface area (Å²) in [5.41, 5.74) is 0.832. The Balaban J connectivity index is 2.05. The molecule has 0 spiro atoms. The number of aromatic nitrogens is 1. The van der Waals surface area contributed by atoms with Gasteiger partial charge in [0.05, 0.1) is 22.2 Å². The fourth-order valence-electron chi connectivity index (χ4n) is 1.69. The van der Waals surface area contributed by atoms with Gasteiger partial charge in [0, 0.05) is 28.6 Å². The number of nitrogens with zero attached hydrogens (tertiary/aromatic N) is 2. The first kappa shape index (κ1) is 15.4. The summed E-state index contributed by atoms with van der Waals surface area (Å²) >= 11 is 1.59. The Morgan fingerprint density at radius 1 is 1.43 bits per heavy atom. The predicted molar refractivity (Wildman–Crippen MR) is 81.2 cm³/mol. The van der Waals surface area contributed by atoms with Gasteiger partial charge in [0.15, 0.2) is 0 Å². The van der Waals surface area contributed by atoms with E-state index in [1.165, 1.54) is 6.07 Å². The van der Waals surface area contributed by atoms with Crippen LogP contribution in [0, 0.1) is 15.9 Å². The van der Waals surface area contributed by atoms with Crippen molar-refractivity contribution in [1.82, 2.24) is 4.98 Å². The Morgan fingerprint density at radius 3 is 2.67 bits per heavy atom. The Morgan fingerprint density at radius 2 is 2.14 bits per heavy atom. The topological polar surface area (TPSA) is 68.1 Å². The average Bonchev–Trinajstić information content (AvgIpc) is 2.84. The van der Waals surface area contributed by atoms with Crippen LogP contribution in [-0.4, -0.2) is 9.91 Å². The predicted octanol–water partition coefficient (Wildman–Crippen LogP) is 4.10. The van der Waals surface area contributed by atoms with Crippen molar-refractivity contribution < 1.29 is 9.31 Å². The fraction of sp³-hybridized carbons (Fsp3) is 0.357. The standard InChI is InChI=1S/C14H16FN3O2S/c1-14(2,3)13-17-10(8-21-13)7-16-9-4-5-12(18(19)20)11(15)6-9/h4-6,8,16H,7H2,1-3H3. The summed E-state index contributed by atoms with van der Waals surface area (Å²) in [6.45, 7) is 6.72. The molecule has 7 heteroatoms. The molecule has 0 atom stereocenters. The maximum absolute atomic E-state index is 13.5. The monoisotopic (exact) mass is 309 g/mol. The minimum Gasteiger partial charge on any atom is -0.379 e. The van der Waals surface area contributed by atoms with Crippen molar-refractivity contribution in [3.63, 3.8) is 0 Å². The number of anilines is 1. The Bertz CT molecular complexity index is 664. The van der Waals surface area contributed by atoms with Crippen molar-refractivity contribution in [3.05, 3.63) is 50.2 Å². The zero-order chi connectivity index (χ0) is 15.6. The van der Waals surface area contributed by atoms with Gasteiger partial charge < -0.3 is 5.32 Å². The molecule has 0 unspecified atom stereocenters. The summed E-state index contributed by atoms with van der Waals surface area (Å²) in [5, 5.41) is 16.5. The molecule has 2 rings (SSSR count). The molecule has 1 aromatic carbocycles. The van der Waals surface area contributed by atoms with Crippen molar-refractivity contribution in [2.45, 2.75) is 32.7 Å². The number of hydrogen-bond donors (Lipinski definition) is 1. The van der Waals surface area contributed by atoms with Gasteiger partial charge in [-0.15, -0.1) is 11.3 Å². The molecule has 0 bridgehead atoms. The van der Waals surface area contributed by atoms with Gasteiger partial charge in [0.25, 0.3) is 0 Å². The van der Waals surface area contributed by atoms with Gasteiger partial charge in [-0.1, -0.05) is 20.8 Å². The van der Waals surface area contributed by atoms with E-state index in [1.54, 1.807) is 11.3 Å². The van der Waals surface area contributed by atoms with Crippen LogP contribution in [0.25, 0.3) is 0 Å². The summed E-state index contributed by atoms with van der Waals surface area (Å²) in [5.74, 6) is -0.848. The van der Waals surface area contributed by atoms with E-state index in [0.717, 1.165) is 22.8 Å². The highest BCUT2D eigenvalue weighted by Gasteiger charge is 2.18. The highest BCUT2D eigenvalue weighted by Crippen LogP contribution is 2.26. The van der Waals surface area contributed by atoms with E-state index < -0.39 is 16.4 Å². The molecule has 0 aliphatic heterocycles. The van der Waals surface area contributed by atoms with Gasteiger partial charge in [0.1, 0.15) is 0 Å². The number of halogens is 1. The van der Waals surface area contributed by atoms with Crippen LogP contribution >= 0.6 is 11.3 Å². The minimum absolute atomic E-state index is 0.00236. The summed E-state index contributed by atoms with van der Waals surface area (Å²) in [6, 6.07) is 3.76. The van der Waals surface area contributed by atoms with Crippen LogP contribution in [0.4, 0.5) is 15.8 Å². The van der Waals surface area contributed by atoms with Crippen molar-refractivity contribution in [2.24, 2.45) is 0 Å². The van der Waals surface area contributed by atoms with Crippen molar-refractivity contribution >= 4 is 22.7 Å². The lowest BCUT2D eigenvalue weighted by Gasteiger charge is -2.13.